The van der Waals surface area contributed by atoms with E-state index in [9.17, 15) is 4.79 Å². The second-order valence-electron chi connectivity index (χ2n) is 4.33. The van der Waals surface area contributed by atoms with Crippen molar-refractivity contribution in [3.8, 4) is 0 Å². The largest absolute Gasteiger partial charge is 0.465 e. The molecule has 0 saturated carbocycles. The standard InChI is InChI=1S/C15H16N2O2/c1-19-15(18)13-9-11(4-7-14(13)17)8-10-2-5-12(16)6-3-10/h2-7,9H,8,16-17H2,1H3. The van der Waals surface area contributed by atoms with Crippen LogP contribution in [0.25, 0.3) is 0 Å². The lowest BCUT2D eigenvalue weighted by atomic mass is 10.0. The molecule has 0 bridgehead atoms. The molecule has 0 heterocycles. The molecule has 4 N–H and O–H groups in total. The maximum absolute atomic E-state index is 11.6. The Labute approximate surface area is 112 Å². The summed E-state index contributed by atoms with van der Waals surface area (Å²) < 4.78 is 4.70. The molecule has 0 aliphatic rings. The van der Waals surface area contributed by atoms with Gasteiger partial charge in [0.05, 0.1) is 12.7 Å². The molecule has 2 aromatic carbocycles. The summed E-state index contributed by atoms with van der Waals surface area (Å²) in [5, 5.41) is 0. The number of nitrogen functional groups attached to an aromatic ring is 2. The predicted molar refractivity (Wildman–Crippen MR) is 75.9 cm³/mol. The number of anilines is 2. The second kappa shape index (κ2) is 5.44. The summed E-state index contributed by atoms with van der Waals surface area (Å²) in [6.45, 7) is 0. The number of rotatable bonds is 3. The Morgan fingerprint density at radius 3 is 2.32 bits per heavy atom. The molecule has 4 heteroatoms. The van der Waals surface area contributed by atoms with Crippen LogP contribution in [-0.2, 0) is 11.2 Å². The number of nitrogens with two attached hydrogens (primary N) is 2. The average molecular weight is 256 g/mol. The number of hydrogen-bond acceptors (Lipinski definition) is 4. The fraction of sp³-hybridized carbons (Fsp3) is 0.133. The number of esters is 1. The van der Waals surface area contributed by atoms with Gasteiger partial charge in [-0.3, -0.25) is 0 Å². The van der Waals surface area contributed by atoms with Crippen LogP contribution in [0.5, 0.6) is 0 Å². The fourth-order valence-corrected chi connectivity index (χ4v) is 1.87. The van der Waals surface area contributed by atoms with Crippen molar-refractivity contribution in [2.45, 2.75) is 6.42 Å². The quantitative estimate of drug-likeness (QED) is 0.652. The maximum atomic E-state index is 11.6. The van der Waals surface area contributed by atoms with E-state index in [1.54, 1.807) is 12.1 Å². The van der Waals surface area contributed by atoms with Crippen molar-refractivity contribution in [3.63, 3.8) is 0 Å². The zero-order chi connectivity index (χ0) is 13.8. The lowest BCUT2D eigenvalue weighted by molar-refractivity contribution is 0.0602. The summed E-state index contributed by atoms with van der Waals surface area (Å²) in [6.07, 6.45) is 0.713. The summed E-state index contributed by atoms with van der Waals surface area (Å²) in [4.78, 5) is 11.6. The van der Waals surface area contributed by atoms with Crippen molar-refractivity contribution in [2.75, 3.05) is 18.6 Å². The van der Waals surface area contributed by atoms with E-state index >= 15 is 0 Å². The monoisotopic (exact) mass is 256 g/mol. The minimum atomic E-state index is -0.420. The second-order valence-corrected chi connectivity index (χ2v) is 4.33. The summed E-state index contributed by atoms with van der Waals surface area (Å²) >= 11 is 0. The predicted octanol–water partition coefficient (Wildman–Crippen LogP) is 2.23. The minimum absolute atomic E-state index is 0.399. The van der Waals surface area contributed by atoms with Gasteiger partial charge in [-0.05, 0) is 41.8 Å². The van der Waals surface area contributed by atoms with Crippen LogP contribution >= 0.6 is 0 Å². The van der Waals surface area contributed by atoms with Crippen molar-refractivity contribution in [1.29, 1.82) is 0 Å². The van der Waals surface area contributed by atoms with E-state index < -0.39 is 5.97 Å². The van der Waals surface area contributed by atoms with Crippen LogP contribution in [0.4, 0.5) is 11.4 Å². The molecule has 0 aliphatic heterocycles. The Balaban J connectivity index is 2.26. The van der Waals surface area contributed by atoms with Gasteiger partial charge in [-0.2, -0.15) is 0 Å². The summed E-state index contributed by atoms with van der Waals surface area (Å²) in [6, 6.07) is 13.0. The zero-order valence-corrected chi connectivity index (χ0v) is 10.7. The van der Waals surface area contributed by atoms with Crippen LogP contribution in [0, 0.1) is 0 Å². The number of benzene rings is 2. The molecular weight excluding hydrogens is 240 g/mol. The van der Waals surface area contributed by atoms with Gasteiger partial charge in [-0.25, -0.2) is 4.79 Å². The first kappa shape index (κ1) is 13.0. The van der Waals surface area contributed by atoms with Crippen LogP contribution in [-0.4, -0.2) is 13.1 Å². The van der Waals surface area contributed by atoms with E-state index in [2.05, 4.69) is 0 Å². The number of carbonyl (C=O) groups is 1. The molecule has 0 radical (unpaired) electrons. The molecular formula is C15H16N2O2. The van der Waals surface area contributed by atoms with Gasteiger partial charge in [0.15, 0.2) is 0 Å². The Bertz CT molecular complexity index is 592. The first-order valence-electron chi connectivity index (χ1n) is 5.91. The molecule has 98 valence electrons. The van der Waals surface area contributed by atoms with Crippen LogP contribution in [0.15, 0.2) is 42.5 Å². The highest BCUT2D eigenvalue weighted by Crippen LogP contribution is 2.18. The third-order valence-corrected chi connectivity index (χ3v) is 2.91. The van der Waals surface area contributed by atoms with Crippen molar-refractivity contribution in [2.24, 2.45) is 0 Å². The topological polar surface area (TPSA) is 78.3 Å². The summed E-state index contributed by atoms with van der Waals surface area (Å²) in [5.41, 5.74) is 15.1. The SMILES string of the molecule is COC(=O)c1cc(Cc2ccc(N)cc2)ccc1N. The van der Waals surface area contributed by atoms with Gasteiger partial charge in [-0.15, -0.1) is 0 Å². The van der Waals surface area contributed by atoms with Crippen LogP contribution in [0.3, 0.4) is 0 Å². The summed E-state index contributed by atoms with van der Waals surface area (Å²) in [7, 11) is 1.34. The van der Waals surface area contributed by atoms with Gasteiger partial charge in [0.25, 0.3) is 0 Å². The average Bonchev–Trinajstić information content (AvgIpc) is 2.42. The molecule has 2 rings (SSSR count). The Morgan fingerprint density at radius 1 is 1.05 bits per heavy atom. The van der Waals surface area contributed by atoms with E-state index in [-0.39, 0.29) is 0 Å². The molecule has 2 aromatic rings. The first-order valence-corrected chi connectivity index (χ1v) is 5.91. The minimum Gasteiger partial charge on any atom is -0.465 e. The van der Waals surface area contributed by atoms with E-state index in [1.807, 2.05) is 30.3 Å². The molecule has 0 atom stereocenters. The van der Waals surface area contributed by atoms with Gasteiger partial charge in [-0.1, -0.05) is 18.2 Å². The van der Waals surface area contributed by atoms with Crippen LogP contribution in [0.1, 0.15) is 21.5 Å². The highest BCUT2D eigenvalue weighted by atomic mass is 16.5. The van der Waals surface area contributed by atoms with Gasteiger partial charge >= 0.3 is 5.97 Å². The highest BCUT2D eigenvalue weighted by Gasteiger charge is 2.10. The maximum Gasteiger partial charge on any atom is 0.339 e. The number of carbonyl (C=O) groups excluding carboxylic acids is 1. The zero-order valence-electron chi connectivity index (χ0n) is 10.7. The first-order chi connectivity index (χ1) is 9.10. The molecule has 4 nitrogen and oxygen atoms in total. The van der Waals surface area contributed by atoms with Crippen molar-refractivity contribution in [1.82, 2.24) is 0 Å². The molecule has 0 unspecified atom stereocenters. The van der Waals surface area contributed by atoms with E-state index in [1.165, 1.54) is 7.11 Å². The molecule has 0 saturated heterocycles. The molecule has 0 amide bonds. The number of hydrogen-bond donors (Lipinski definition) is 2. The van der Waals surface area contributed by atoms with Crippen LogP contribution in [0.2, 0.25) is 0 Å². The van der Waals surface area contributed by atoms with Gasteiger partial charge in [0.1, 0.15) is 0 Å². The van der Waals surface area contributed by atoms with Crippen molar-refractivity contribution < 1.29 is 9.53 Å². The van der Waals surface area contributed by atoms with E-state index in [0.29, 0.717) is 17.7 Å². The van der Waals surface area contributed by atoms with Gasteiger partial charge in [0.2, 0.25) is 0 Å². The normalized spacial score (nSPS) is 10.2. The van der Waals surface area contributed by atoms with E-state index in [4.69, 9.17) is 16.2 Å². The molecule has 0 spiro atoms. The van der Waals surface area contributed by atoms with Crippen LogP contribution < -0.4 is 11.5 Å². The molecule has 0 fully saturated rings. The highest BCUT2D eigenvalue weighted by molar-refractivity contribution is 5.95. The summed E-state index contributed by atoms with van der Waals surface area (Å²) in [5.74, 6) is -0.420. The fourth-order valence-electron chi connectivity index (χ4n) is 1.87. The Hall–Kier alpha value is -2.49. The Kier molecular flexibility index (Phi) is 3.71. The van der Waals surface area contributed by atoms with Gasteiger partial charge in [0, 0.05) is 11.4 Å². The molecule has 0 aromatic heterocycles. The number of methoxy groups -OCH3 is 1. The lowest BCUT2D eigenvalue weighted by Gasteiger charge is -2.07. The Morgan fingerprint density at radius 2 is 1.68 bits per heavy atom. The van der Waals surface area contributed by atoms with Gasteiger partial charge < -0.3 is 16.2 Å². The third-order valence-electron chi connectivity index (χ3n) is 2.91. The molecule has 19 heavy (non-hydrogen) atoms. The smallest absolute Gasteiger partial charge is 0.339 e. The van der Waals surface area contributed by atoms with E-state index in [0.717, 1.165) is 16.8 Å². The van der Waals surface area contributed by atoms with Crippen molar-refractivity contribution >= 4 is 17.3 Å². The third kappa shape index (κ3) is 3.04. The molecule has 0 aliphatic carbocycles. The van der Waals surface area contributed by atoms with Crippen molar-refractivity contribution in [3.05, 3.63) is 59.2 Å². The lowest BCUT2D eigenvalue weighted by Crippen LogP contribution is -2.06. The number of ether oxygens (including phenoxy) is 1.